The van der Waals surface area contributed by atoms with Gasteiger partial charge < -0.3 is 4.57 Å². The summed E-state index contributed by atoms with van der Waals surface area (Å²) in [5.74, 6) is 1.98. The Kier molecular flexibility index (Phi) is 6.19. The molecule has 250 valence electrons. The number of nitrogens with zero attached hydrogens (tertiary/aromatic N) is 4. The number of fused-ring (bicyclic) bond motifs is 11. The molecule has 1 aliphatic heterocycles. The Morgan fingerprint density at radius 2 is 0.925 bits per heavy atom. The number of para-hydroxylation sites is 3. The Bertz CT molecular complexity index is 2870. The van der Waals surface area contributed by atoms with E-state index in [0.717, 1.165) is 16.7 Å². The molecule has 1 spiro atoms. The van der Waals surface area contributed by atoms with Crippen LogP contribution >= 0.6 is 0 Å². The normalized spacial score (nSPS) is 16.3. The minimum atomic E-state index is -0.552. The number of benzene rings is 7. The van der Waals surface area contributed by atoms with Crippen molar-refractivity contribution in [2.45, 2.75) is 24.7 Å². The molecule has 2 aliphatic rings. The van der Waals surface area contributed by atoms with Gasteiger partial charge in [-0.25, -0.2) is 15.0 Å². The maximum Gasteiger partial charge on any atom is 0.164 e. The van der Waals surface area contributed by atoms with Gasteiger partial charge in [0.25, 0.3) is 0 Å². The van der Waals surface area contributed by atoms with E-state index in [1.807, 2.05) is 36.4 Å². The summed E-state index contributed by atoms with van der Waals surface area (Å²) in [6.07, 6.45) is 0. The molecule has 4 heteroatoms. The molecule has 7 aromatic carbocycles. The maximum atomic E-state index is 5.14. The standard InChI is InChI=1S/C49H34N4/c1-48(2)36-22-10-11-23-37(36)49(39-24-12-14-27-43(39)53-42-26-13-9-20-34(42)35-21-15-25-40(49)44(35)53)38-29-28-33(30-41(38)48)47-51-45(31-16-5-3-6-17-31)50-46(52-47)32-18-7-4-8-19-32/h3-30H,1-2H3. The third-order valence-corrected chi connectivity index (χ3v) is 11.7. The Morgan fingerprint density at radius 3 is 1.64 bits per heavy atom. The smallest absolute Gasteiger partial charge is 0.164 e. The van der Waals surface area contributed by atoms with Crippen LogP contribution in [0.5, 0.6) is 0 Å². The van der Waals surface area contributed by atoms with Gasteiger partial charge in [-0.2, -0.15) is 0 Å². The minimum Gasteiger partial charge on any atom is -0.309 e. The van der Waals surface area contributed by atoms with Crippen molar-refractivity contribution in [1.29, 1.82) is 0 Å². The van der Waals surface area contributed by atoms with Gasteiger partial charge in [-0.05, 0) is 51.6 Å². The molecule has 0 fully saturated rings. The first kappa shape index (κ1) is 30.0. The molecular formula is C49H34N4. The van der Waals surface area contributed by atoms with E-state index in [1.165, 1.54) is 60.9 Å². The van der Waals surface area contributed by atoms with Crippen LogP contribution in [0.25, 0.3) is 61.7 Å². The van der Waals surface area contributed by atoms with E-state index in [1.54, 1.807) is 0 Å². The molecule has 11 rings (SSSR count). The van der Waals surface area contributed by atoms with Crippen LogP contribution in [-0.4, -0.2) is 19.5 Å². The first-order chi connectivity index (χ1) is 26.0. The van der Waals surface area contributed by atoms with E-state index in [-0.39, 0.29) is 5.41 Å². The summed E-state index contributed by atoms with van der Waals surface area (Å²) >= 11 is 0. The van der Waals surface area contributed by atoms with Crippen LogP contribution in [0.15, 0.2) is 170 Å². The van der Waals surface area contributed by atoms with Crippen LogP contribution in [-0.2, 0) is 10.8 Å². The summed E-state index contributed by atoms with van der Waals surface area (Å²) in [6.45, 7) is 4.73. The lowest BCUT2D eigenvalue weighted by molar-refractivity contribution is 0.556. The van der Waals surface area contributed by atoms with Crippen molar-refractivity contribution >= 4 is 21.8 Å². The summed E-state index contributed by atoms with van der Waals surface area (Å²) in [6, 6.07) is 61.2. The third kappa shape index (κ3) is 4.03. The van der Waals surface area contributed by atoms with Crippen LogP contribution in [0.4, 0.5) is 0 Å². The van der Waals surface area contributed by atoms with Gasteiger partial charge in [-0.3, -0.25) is 0 Å². The number of hydrogen-bond acceptors (Lipinski definition) is 3. The molecule has 3 heterocycles. The molecule has 1 unspecified atom stereocenters. The molecule has 2 aromatic heterocycles. The Morgan fingerprint density at radius 1 is 0.396 bits per heavy atom. The van der Waals surface area contributed by atoms with E-state index in [2.05, 4.69) is 152 Å². The van der Waals surface area contributed by atoms with E-state index in [9.17, 15) is 0 Å². The first-order valence-corrected chi connectivity index (χ1v) is 18.3. The lowest BCUT2D eigenvalue weighted by atomic mass is 9.53. The fraction of sp³-hybridized carbons (Fsp3) is 0.0816. The highest BCUT2D eigenvalue weighted by Crippen LogP contribution is 2.60. The summed E-state index contributed by atoms with van der Waals surface area (Å²) in [5.41, 5.74) is 13.6. The largest absolute Gasteiger partial charge is 0.309 e. The van der Waals surface area contributed by atoms with Crippen molar-refractivity contribution in [3.63, 3.8) is 0 Å². The molecule has 0 saturated heterocycles. The number of hydrogen-bond donors (Lipinski definition) is 0. The van der Waals surface area contributed by atoms with Crippen molar-refractivity contribution in [1.82, 2.24) is 19.5 Å². The molecule has 0 radical (unpaired) electrons. The molecule has 1 aliphatic carbocycles. The van der Waals surface area contributed by atoms with Gasteiger partial charge in [0.2, 0.25) is 0 Å². The quantitative estimate of drug-likeness (QED) is 0.187. The van der Waals surface area contributed by atoms with E-state index >= 15 is 0 Å². The molecule has 0 bridgehead atoms. The van der Waals surface area contributed by atoms with Crippen molar-refractivity contribution < 1.29 is 0 Å². The van der Waals surface area contributed by atoms with Crippen LogP contribution < -0.4 is 0 Å². The van der Waals surface area contributed by atoms with Gasteiger partial charge in [0.05, 0.1) is 22.1 Å². The van der Waals surface area contributed by atoms with E-state index < -0.39 is 5.41 Å². The zero-order valence-corrected chi connectivity index (χ0v) is 29.5. The van der Waals surface area contributed by atoms with Crippen molar-refractivity contribution in [3.8, 4) is 39.9 Å². The topological polar surface area (TPSA) is 43.6 Å². The molecule has 53 heavy (non-hydrogen) atoms. The van der Waals surface area contributed by atoms with Crippen LogP contribution in [0.3, 0.4) is 0 Å². The van der Waals surface area contributed by atoms with Crippen LogP contribution in [0.2, 0.25) is 0 Å². The van der Waals surface area contributed by atoms with Crippen LogP contribution in [0.1, 0.15) is 47.2 Å². The Balaban J connectivity index is 1.23. The summed E-state index contributed by atoms with van der Waals surface area (Å²) < 4.78 is 2.50. The van der Waals surface area contributed by atoms with Crippen LogP contribution in [0, 0.1) is 0 Å². The average Bonchev–Trinajstić information content (AvgIpc) is 3.57. The predicted molar refractivity (Wildman–Crippen MR) is 214 cm³/mol. The molecule has 9 aromatic rings. The van der Waals surface area contributed by atoms with Crippen molar-refractivity contribution in [3.05, 3.63) is 203 Å². The highest BCUT2D eigenvalue weighted by Gasteiger charge is 2.52. The van der Waals surface area contributed by atoms with Gasteiger partial charge >= 0.3 is 0 Å². The van der Waals surface area contributed by atoms with E-state index in [4.69, 9.17) is 15.0 Å². The molecule has 4 nitrogen and oxygen atoms in total. The monoisotopic (exact) mass is 678 g/mol. The molecule has 0 amide bonds. The fourth-order valence-corrected chi connectivity index (χ4v) is 9.39. The summed E-state index contributed by atoms with van der Waals surface area (Å²) in [4.78, 5) is 15.3. The summed E-state index contributed by atoms with van der Waals surface area (Å²) in [7, 11) is 0. The van der Waals surface area contributed by atoms with Gasteiger partial charge in [-0.15, -0.1) is 0 Å². The number of aromatic nitrogens is 4. The third-order valence-electron chi connectivity index (χ3n) is 11.7. The minimum absolute atomic E-state index is 0.308. The maximum absolute atomic E-state index is 5.14. The Labute approximate surface area is 308 Å². The second kappa shape index (κ2) is 10.9. The highest BCUT2D eigenvalue weighted by atomic mass is 15.0. The zero-order valence-electron chi connectivity index (χ0n) is 29.5. The second-order valence-corrected chi connectivity index (χ2v) is 14.8. The SMILES string of the molecule is CC1(C)c2ccccc2C2(c3ccccc3-n3c4ccccc4c4cccc2c43)c2ccc(-c3nc(-c4ccccc4)nc(-c4ccccc4)n3)cc21. The molecule has 0 N–H and O–H groups in total. The fourth-order valence-electron chi connectivity index (χ4n) is 9.39. The Hall–Kier alpha value is -6.65. The van der Waals surface area contributed by atoms with Gasteiger partial charge in [0.15, 0.2) is 17.5 Å². The lowest BCUT2D eigenvalue weighted by Crippen LogP contribution is -2.44. The van der Waals surface area contributed by atoms with Crippen molar-refractivity contribution in [2.24, 2.45) is 0 Å². The first-order valence-electron chi connectivity index (χ1n) is 18.3. The molecule has 1 atom stereocenters. The average molecular weight is 679 g/mol. The predicted octanol–water partition coefficient (Wildman–Crippen LogP) is 11.3. The van der Waals surface area contributed by atoms with Gasteiger partial charge in [0.1, 0.15) is 0 Å². The number of rotatable bonds is 3. The zero-order chi connectivity index (χ0) is 35.3. The second-order valence-electron chi connectivity index (χ2n) is 14.8. The highest BCUT2D eigenvalue weighted by molar-refractivity contribution is 6.12. The van der Waals surface area contributed by atoms with Gasteiger partial charge in [0, 0.05) is 32.9 Å². The van der Waals surface area contributed by atoms with Gasteiger partial charge in [-0.1, -0.05) is 166 Å². The summed E-state index contributed by atoms with van der Waals surface area (Å²) in [5, 5.41) is 2.55. The van der Waals surface area contributed by atoms with Crippen molar-refractivity contribution in [2.75, 3.05) is 0 Å². The van der Waals surface area contributed by atoms with E-state index in [0.29, 0.717) is 17.5 Å². The molecular weight excluding hydrogens is 645 g/mol. The lowest BCUT2D eigenvalue weighted by Gasteiger charge is -2.50. The molecule has 0 saturated carbocycles.